The van der Waals surface area contributed by atoms with Crippen LogP contribution in [0.25, 0.3) is 5.69 Å². The molecular formula is C20H18N4O3. The van der Waals surface area contributed by atoms with E-state index in [1.807, 2.05) is 25.1 Å². The molecule has 0 spiro atoms. The number of nitrogens with zero attached hydrogens (tertiary/aromatic N) is 3. The number of anilines is 1. The number of carboxylic acid groups (broad SMARTS) is 1. The van der Waals surface area contributed by atoms with Gasteiger partial charge in [0.2, 0.25) is 0 Å². The standard InChI is InChI=1S/C20H18N4O3/c1-12-10-14(24-17-6-2-5-15(17)18(23-24)20(26)27)7-8-16(12)22-19(25)13-4-3-9-21-11-13/h3-4,7-11H,2,5-6H2,1H3,(H,22,25)(H,26,27). The molecule has 2 aromatic heterocycles. The van der Waals surface area contributed by atoms with Crippen LogP contribution in [0.2, 0.25) is 0 Å². The van der Waals surface area contributed by atoms with Crippen LogP contribution in [0.15, 0.2) is 42.7 Å². The van der Waals surface area contributed by atoms with Gasteiger partial charge in [0, 0.05) is 29.3 Å². The van der Waals surface area contributed by atoms with Crippen LogP contribution >= 0.6 is 0 Å². The highest BCUT2D eigenvalue weighted by atomic mass is 16.4. The first-order valence-corrected chi connectivity index (χ1v) is 8.71. The zero-order valence-corrected chi connectivity index (χ0v) is 14.8. The monoisotopic (exact) mass is 362 g/mol. The summed E-state index contributed by atoms with van der Waals surface area (Å²) in [6.07, 6.45) is 5.62. The van der Waals surface area contributed by atoms with Crippen LogP contribution in [0.1, 0.15) is 44.1 Å². The quantitative estimate of drug-likeness (QED) is 0.744. The summed E-state index contributed by atoms with van der Waals surface area (Å²) in [5, 5.41) is 16.6. The maximum absolute atomic E-state index is 12.3. The number of aryl methyl sites for hydroxylation is 1. The molecule has 4 rings (SSSR count). The third kappa shape index (κ3) is 3.08. The van der Waals surface area contributed by atoms with Crippen molar-refractivity contribution in [2.45, 2.75) is 26.2 Å². The Morgan fingerprint density at radius 2 is 2.07 bits per heavy atom. The number of fused-ring (bicyclic) bond motifs is 1. The number of carbonyl (C=O) groups excluding carboxylic acids is 1. The number of carbonyl (C=O) groups is 2. The van der Waals surface area contributed by atoms with E-state index in [9.17, 15) is 14.7 Å². The van der Waals surface area contributed by atoms with Gasteiger partial charge in [-0.2, -0.15) is 5.10 Å². The van der Waals surface area contributed by atoms with Crippen molar-refractivity contribution in [1.29, 1.82) is 0 Å². The fourth-order valence-electron chi connectivity index (χ4n) is 3.43. The Hall–Kier alpha value is -3.48. The van der Waals surface area contributed by atoms with Gasteiger partial charge in [0.15, 0.2) is 5.69 Å². The highest BCUT2D eigenvalue weighted by Gasteiger charge is 2.26. The van der Waals surface area contributed by atoms with Gasteiger partial charge in [-0.25, -0.2) is 9.48 Å². The summed E-state index contributed by atoms with van der Waals surface area (Å²) in [5.74, 6) is -1.23. The molecule has 27 heavy (non-hydrogen) atoms. The Labute approximate surface area is 155 Å². The SMILES string of the molecule is Cc1cc(-n2nc(C(=O)O)c3c2CCC3)ccc1NC(=O)c1cccnc1. The number of hydrogen-bond donors (Lipinski definition) is 2. The molecular weight excluding hydrogens is 344 g/mol. The van der Waals surface area contributed by atoms with Crippen LogP contribution in [-0.4, -0.2) is 31.7 Å². The number of aromatic nitrogens is 3. The highest BCUT2D eigenvalue weighted by Crippen LogP contribution is 2.29. The molecule has 0 saturated heterocycles. The molecule has 3 aromatic rings. The Bertz CT molecular complexity index is 1040. The van der Waals surface area contributed by atoms with Gasteiger partial charge in [0.25, 0.3) is 5.91 Å². The molecule has 7 heteroatoms. The molecule has 0 aliphatic heterocycles. The molecule has 0 unspecified atom stereocenters. The molecule has 136 valence electrons. The van der Waals surface area contributed by atoms with E-state index in [0.717, 1.165) is 41.8 Å². The number of hydrogen-bond acceptors (Lipinski definition) is 4. The van der Waals surface area contributed by atoms with Gasteiger partial charge in [-0.15, -0.1) is 0 Å². The largest absolute Gasteiger partial charge is 0.476 e. The van der Waals surface area contributed by atoms with E-state index < -0.39 is 5.97 Å². The molecule has 0 saturated carbocycles. The summed E-state index contributed by atoms with van der Waals surface area (Å²) in [6, 6.07) is 8.96. The number of aromatic carboxylic acids is 1. The molecule has 0 fully saturated rings. The van der Waals surface area contributed by atoms with Gasteiger partial charge in [-0.3, -0.25) is 9.78 Å². The van der Waals surface area contributed by atoms with Crippen LogP contribution in [0.4, 0.5) is 5.69 Å². The van der Waals surface area contributed by atoms with Crippen molar-refractivity contribution in [2.75, 3.05) is 5.32 Å². The van der Waals surface area contributed by atoms with E-state index in [0.29, 0.717) is 11.3 Å². The molecule has 0 bridgehead atoms. The van der Waals surface area contributed by atoms with Crippen molar-refractivity contribution in [1.82, 2.24) is 14.8 Å². The van der Waals surface area contributed by atoms with Crippen molar-refractivity contribution in [3.8, 4) is 5.69 Å². The number of amides is 1. The fraction of sp³-hybridized carbons (Fsp3) is 0.200. The van der Waals surface area contributed by atoms with Crippen LogP contribution in [0.5, 0.6) is 0 Å². The van der Waals surface area contributed by atoms with Crippen LogP contribution < -0.4 is 5.32 Å². The molecule has 1 aliphatic carbocycles. The minimum Gasteiger partial charge on any atom is -0.476 e. The van der Waals surface area contributed by atoms with E-state index in [1.165, 1.54) is 6.20 Å². The lowest BCUT2D eigenvalue weighted by atomic mass is 10.1. The average Bonchev–Trinajstić information content (AvgIpc) is 3.26. The van der Waals surface area contributed by atoms with Gasteiger partial charge in [0.1, 0.15) is 0 Å². The maximum Gasteiger partial charge on any atom is 0.356 e. The first-order chi connectivity index (χ1) is 13.0. The van der Waals surface area contributed by atoms with Gasteiger partial charge in [-0.1, -0.05) is 0 Å². The van der Waals surface area contributed by atoms with Gasteiger partial charge >= 0.3 is 5.97 Å². The lowest BCUT2D eigenvalue weighted by molar-refractivity contribution is 0.0688. The van der Waals surface area contributed by atoms with E-state index >= 15 is 0 Å². The van der Waals surface area contributed by atoms with Gasteiger partial charge < -0.3 is 10.4 Å². The second-order valence-corrected chi connectivity index (χ2v) is 6.54. The van der Waals surface area contributed by atoms with Crippen LogP contribution in [-0.2, 0) is 12.8 Å². The Morgan fingerprint density at radius 3 is 2.78 bits per heavy atom. The molecule has 7 nitrogen and oxygen atoms in total. The Morgan fingerprint density at radius 1 is 1.22 bits per heavy atom. The second kappa shape index (κ2) is 6.68. The van der Waals surface area contributed by atoms with Gasteiger partial charge in [-0.05, 0) is 62.1 Å². The lowest BCUT2D eigenvalue weighted by Gasteiger charge is -2.11. The third-order valence-corrected chi connectivity index (χ3v) is 4.76. The zero-order chi connectivity index (χ0) is 19.0. The summed E-state index contributed by atoms with van der Waals surface area (Å²) >= 11 is 0. The number of pyridine rings is 1. The first kappa shape index (κ1) is 17.0. The van der Waals surface area contributed by atoms with E-state index in [2.05, 4.69) is 15.4 Å². The minimum absolute atomic E-state index is 0.133. The summed E-state index contributed by atoms with van der Waals surface area (Å²) in [6.45, 7) is 1.89. The summed E-state index contributed by atoms with van der Waals surface area (Å²) < 4.78 is 1.71. The van der Waals surface area contributed by atoms with Crippen molar-refractivity contribution >= 4 is 17.6 Å². The maximum atomic E-state index is 12.3. The summed E-state index contributed by atoms with van der Waals surface area (Å²) in [7, 11) is 0. The summed E-state index contributed by atoms with van der Waals surface area (Å²) in [4.78, 5) is 27.7. The Kier molecular flexibility index (Phi) is 4.19. The molecule has 0 radical (unpaired) electrons. The van der Waals surface area contributed by atoms with E-state index in [-0.39, 0.29) is 11.6 Å². The minimum atomic E-state index is -0.996. The molecule has 1 aromatic carbocycles. The number of rotatable bonds is 4. The molecule has 1 amide bonds. The summed E-state index contributed by atoms with van der Waals surface area (Å²) in [5.41, 5.74) is 4.75. The highest BCUT2D eigenvalue weighted by molar-refractivity contribution is 6.04. The average molecular weight is 362 g/mol. The van der Waals surface area contributed by atoms with Crippen molar-refractivity contribution in [3.63, 3.8) is 0 Å². The molecule has 1 aliphatic rings. The lowest BCUT2D eigenvalue weighted by Crippen LogP contribution is -2.13. The smallest absolute Gasteiger partial charge is 0.356 e. The van der Waals surface area contributed by atoms with Crippen molar-refractivity contribution < 1.29 is 14.7 Å². The van der Waals surface area contributed by atoms with Crippen molar-refractivity contribution in [2.24, 2.45) is 0 Å². The predicted octanol–water partition coefficient (Wildman–Crippen LogP) is 3.01. The van der Waals surface area contributed by atoms with E-state index in [1.54, 1.807) is 23.0 Å². The molecule has 2 N–H and O–H groups in total. The Balaban J connectivity index is 1.64. The third-order valence-electron chi connectivity index (χ3n) is 4.76. The first-order valence-electron chi connectivity index (χ1n) is 8.71. The molecule has 2 heterocycles. The predicted molar refractivity (Wildman–Crippen MR) is 99.5 cm³/mol. The van der Waals surface area contributed by atoms with E-state index in [4.69, 9.17) is 0 Å². The fourth-order valence-corrected chi connectivity index (χ4v) is 3.43. The second-order valence-electron chi connectivity index (χ2n) is 6.54. The zero-order valence-electron chi connectivity index (χ0n) is 14.8. The van der Waals surface area contributed by atoms with Crippen LogP contribution in [0, 0.1) is 6.92 Å². The van der Waals surface area contributed by atoms with Gasteiger partial charge in [0.05, 0.1) is 11.3 Å². The number of nitrogens with one attached hydrogen (secondary N) is 1. The number of benzene rings is 1. The van der Waals surface area contributed by atoms with Crippen molar-refractivity contribution in [3.05, 3.63) is 70.8 Å². The molecule has 0 atom stereocenters. The number of carboxylic acids is 1. The normalized spacial score (nSPS) is 12.6. The van der Waals surface area contributed by atoms with Crippen LogP contribution in [0.3, 0.4) is 0 Å². The topological polar surface area (TPSA) is 97.1 Å².